The molecule has 0 aliphatic heterocycles. The second kappa shape index (κ2) is 22.4. The summed E-state index contributed by atoms with van der Waals surface area (Å²) in [6.45, 7) is 14.2. The molecule has 3 rings (SSSR count). The Morgan fingerprint density at radius 2 is 1.18 bits per heavy atom. The van der Waals surface area contributed by atoms with Gasteiger partial charge in [0, 0.05) is 6.54 Å². The molecule has 0 unspecified atom stereocenters. The van der Waals surface area contributed by atoms with Gasteiger partial charge in [0.1, 0.15) is 0 Å². The van der Waals surface area contributed by atoms with Crippen LogP contribution in [0.25, 0.3) is 21.5 Å². The smallest absolute Gasteiger partial charge is 0.0214 e. The van der Waals surface area contributed by atoms with Crippen molar-refractivity contribution >= 4 is 21.5 Å². The zero-order valence-electron chi connectivity index (χ0n) is 18.9. The van der Waals surface area contributed by atoms with Crippen LogP contribution in [0, 0.1) is 12.8 Å². The van der Waals surface area contributed by atoms with Crippen molar-refractivity contribution in [3.63, 3.8) is 0 Å². The first-order valence-corrected chi connectivity index (χ1v) is 9.84. The number of hydrogen-bond donors (Lipinski definition) is 2. The minimum atomic E-state index is 0.905. The van der Waals surface area contributed by atoms with Gasteiger partial charge in [-0.05, 0) is 54.2 Å². The highest BCUT2D eigenvalue weighted by atomic mass is 14.8. The molecule has 0 aromatic heterocycles. The molecular formula is C26H40N2. The Labute approximate surface area is 173 Å². The molecule has 2 nitrogen and oxygen atoms in total. The minimum Gasteiger partial charge on any atom is -0.333 e. The Hall–Kier alpha value is -2.60. The Morgan fingerprint density at radius 3 is 1.50 bits per heavy atom. The van der Waals surface area contributed by atoms with Gasteiger partial charge in [-0.2, -0.15) is 0 Å². The van der Waals surface area contributed by atoms with E-state index in [1.165, 1.54) is 34.2 Å². The molecule has 2 heteroatoms. The van der Waals surface area contributed by atoms with Gasteiger partial charge in [-0.3, -0.25) is 0 Å². The highest BCUT2D eigenvalue weighted by molar-refractivity contribution is 6.02. The highest BCUT2D eigenvalue weighted by Gasteiger charge is 2.05. The molecule has 0 saturated carbocycles. The number of benzene rings is 3. The van der Waals surface area contributed by atoms with Crippen LogP contribution < -0.4 is 11.1 Å². The lowest BCUT2D eigenvalue weighted by Crippen LogP contribution is -2.06. The fourth-order valence-corrected chi connectivity index (χ4v) is 2.48. The van der Waals surface area contributed by atoms with Crippen molar-refractivity contribution < 1.29 is 0 Å². The van der Waals surface area contributed by atoms with E-state index in [1.54, 1.807) is 6.08 Å². The molecular weight excluding hydrogens is 340 g/mol. The maximum atomic E-state index is 4.50. The predicted molar refractivity (Wildman–Crippen MR) is 133 cm³/mol. The van der Waals surface area contributed by atoms with Gasteiger partial charge in [0.25, 0.3) is 0 Å². The van der Waals surface area contributed by atoms with E-state index in [4.69, 9.17) is 0 Å². The summed E-state index contributed by atoms with van der Waals surface area (Å²) < 4.78 is 0. The molecule has 28 heavy (non-hydrogen) atoms. The fraction of sp³-hybridized carbons (Fsp3) is 0.308. The molecule has 0 atom stereocenters. The van der Waals surface area contributed by atoms with Gasteiger partial charge >= 0.3 is 0 Å². The van der Waals surface area contributed by atoms with Gasteiger partial charge in [0.2, 0.25) is 0 Å². The minimum absolute atomic E-state index is 0.905. The average Bonchev–Trinajstić information content (AvgIpc) is 2.80. The Kier molecular flexibility index (Phi) is 24.2. The Bertz CT molecular complexity index is 704. The van der Waals surface area contributed by atoms with Gasteiger partial charge in [-0.15, -0.1) is 19.4 Å². The van der Waals surface area contributed by atoms with Crippen molar-refractivity contribution in [3.05, 3.63) is 72.8 Å². The molecule has 3 N–H and O–H groups in total. The summed E-state index contributed by atoms with van der Waals surface area (Å²) in [5, 5.41) is 8.60. The molecule has 3 aromatic rings. The van der Waals surface area contributed by atoms with Crippen LogP contribution in [-0.4, -0.2) is 14.1 Å². The average molecular weight is 381 g/mol. The van der Waals surface area contributed by atoms with Crippen LogP contribution in [0.3, 0.4) is 0 Å². The lowest BCUT2D eigenvalue weighted by atomic mass is 9.97. The van der Waals surface area contributed by atoms with Crippen molar-refractivity contribution in [3.8, 4) is 12.8 Å². The summed E-state index contributed by atoms with van der Waals surface area (Å²) in [4.78, 5) is 0. The molecule has 0 spiro atoms. The lowest BCUT2D eigenvalue weighted by Gasteiger charge is -2.10. The summed E-state index contributed by atoms with van der Waals surface area (Å²) in [6.07, 6.45) is 9.75. The van der Waals surface area contributed by atoms with E-state index in [1.807, 2.05) is 41.7 Å². The van der Waals surface area contributed by atoms with E-state index in [0.29, 0.717) is 0 Å². The number of rotatable bonds is 2. The molecule has 0 heterocycles. The fourth-order valence-electron chi connectivity index (χ4n) is 2.48. The number of nitrogens with one attached hydrogen (secondary N) is 1. The lowest BCUT2D eigenvalue weighted by molar-refractivity contribution is 0.829. The summed E-state index contributed by atoms with van der Waals surface area (Å²) in [6, 6.07) is 19.4. The van der Waals surface area contributed by atoms with E-state index >= 15 is 0 Å². The van der Waals surface area contributed by atoms with Gasteiger partial charge in [0.05, 0.1) is 0 Å². The van der Waals surface area contributed by atoms with Crippen molar-refractivity contribution in [1.29, 1.82) is 0 Å². The molecule has 0 amide bonds. The van der Waals surface area contributed by atoms with Crippen LogP contribution >= 0.6 is 0 Å². The summed E-state index contributed by atoms with van der Waals surface area (Å²) in [7, 11) is 3.50. The summed E-state index contributed by atoms with van der Waals surface area (Å²) >= 11 is 0. The van der Waals surface area contributed by atoms with E-state index in [2.05, 4.69) is 85.1 Å². The number of nitrogens with two attached hydrogens (primary N) is 1. The highest BCUT2D eigenvalue weighted by Crippen LogP contribution is 2.28. The quantitative estimate of drug-likeness (QED) is 0.292. The van der Waals surface area contributed by atoms with Crippen LogP contribution in [0.4, 0.5) is 0 Å². The van der Waals surface area contributed by atoms with Gasteiger partial charge in [-0.1, -0.05) is 82.3 Å². The molecule has 154 valence electrons. The topological polar surface area (TPSA) is 38.0 Å². The predicted octanol–water partition coefficient (Wildman–Crippen LogP) is 6.78. The molecule has 0 aliphatic carbocycles. The molecule has 0 radical (unpaired) electrons. The molecule has 0 fully saturated rings. The third-order valence-corrected chi connectivity index (χ3v) is 3.24. The number of allylic oxidation sites excluding steroid dienone is 1. The first kappa shape index (κ1) is 30.1. The monoisotopic (exact) mass is 380 g/mol. The number of hydrogen-bond acceptors (Lipinski definition) is 2. The number of fused-ring (bicyclic) bond motifs is 2. The SMILES string of the molecule is C#C.C=CC.CC.CC.CN.CNCc1c2ccccc2cc2ccccc12. The van der Waals surface area contributed by atoms with Crippen molar-refractivity contribution in [1.82, 2.24) is 5.32 Å². The van der Waals surface area contributed by atoms with E-state index in [9.17, 15) is 0 Å². The third kappa shape index (κ3) is 9.92. The van der Waals surface area contributed by atoms with Crippen molar-refractivity contribution in [2.45, 2.75) is 41.2 Å². The van der Waals surface area contributed by atoms with E-state index in [-0.39, 0.29) is 0 Å². The standard InChI is InChI=1S/C16H15N.C3H6.2C2H6.C2H2.CH5N/c1-17-11-16-14-8-4-2-6-12(14)10-13-7-3-5-9-15(13)16;1-3-2;4*1-2/h2-10,17H,11H2,1H3;3H,1H2,2H3;2*1-2H3;1-2H;2H2,1H3. The molecule has 0 saturated heterocycles. The summed E-state index contributed by atoms with van der Waals surface area (Å²) in [5.41, 5.74) is 5.89. The van der Waals surface area contributed by atoms with Crippen molar-refractivity contribution in [2.24, 2.45) is 5.73 Å². The van der Waals surface area contributed by atoms with E-state index in [0.717, 1.165) is 6.54 Å². The van der Waals surface area contributed by atoms with Gasteiger partial charge in [-0.25, -0.2) is 0 Å². The third-order valence-electron chi connectivity index (χ3n) is 3.24. The van der Waals surface area contributed by atoms with Crippen molar-refractivity contribution in [2.75, 3.05) is 14.1 Å². The second-order valence-electron chi connectivity index (χ2n) is 4.74. The van der Waals surface area contributed by atoms with Crippen LogP contribution in [0.5, 0.6) is 0 Å². The zero-order chi connectivity index (χ0) is 22.4. The second-order valence-corrected chi connectivity index (χ2v) is 4.74. The first-order valence-electron chi connectivity index (χ1n) is 9.84. The van der Waals surface area contributed by atoms with Gasteiger partial charge in [0.15, 0.2) is 0 Å². The maximum Gasteiger partial charge on any atom is 0.0214 e. The van der Waals surface area contributed by atoms with Crippen LogP contribution in [0.2, 0.25) is 0 Å². The molecule has 3 aromatic carbocycles. The van der Waals surface area contributed by atoms with Crippen LogP contribution in [0.15, 0.2) is 67.3 Å². The van der Waals surface area contributed by atoms with Gasteiger partial charge < -0.3 is 11.1 Å². The van der Waals surface area contributed by atoms with Crippen LogP contribution in [-0.2, 0) is 6.54 Å². The first-order chi connectivity index (χ1) is 13.8. The Balaban J connectivity index is -0.000000490. The van der Waals surface area contributed by atoms with Crippen LogP contribution in [0.1, 0.15) is 40.2 Å². The normalized spacial score (nSPS) is 7.93. The maximum absolute atomic E-state index is 4.50. The zero-order valence-corrected chi connectivity index (χ0v) is 18.9. The molecule has 0 aliphatic rings. The number of terminal acetylenes is 1. The largest absolute Gasteiger partial charge is 0.333 e. The van der Waals surface area contributed by atoms with E-state index < -0.39 is 0 Å². The summed E-state index contributed by atoms with van der Waals surface area (Å²) in [5.74, 6) is 0. The molecule has 0 bridgehead atoms. The Morgan fingerprint density at radius 1 is 0.857 bits per heavy atom.